The molecule has 1 aliphatic carbocycles. The maximum absolute atomic E-state index is 6.15. The van der Waals surface area contributed by atoms with Crippen LogP contribution >= 0.6 is 11.6 Å². The minimum atomic E-state index is 0.125. The summed E-state index contributed by atoms with van der Waals surface area (Å²) in [5.74, 6) is 1.40. The third-order valence-electron chi connectivity index (χ3n) is 4.59. The molecule has 1 aromatic carbocycles. The van der Waals surface area contributed by atoms with Crippen molar-refractivity contribution in [2.24, 2.45) is 0 Å². The fourth-order valence-corrected chi connectivity index (χ4v) is 3.49. The van der Waals surface area contributed by atoms with E-state index in [0.717, 1.165) is 30.9 Å². The predicted octanol–water partition coefficient (Wildman–Crippen LogP) is 3.87. The van der Waals surface area contributed by atoms with Gasteiger partial charge in [-0.3, -0.25) is 0 Å². The average Bonchev–Trinajstić information content (AvgIpc) is 2.47. The second kappa shape index (κ2) is 5.93. The van der Waals surface area contributed by atoms with E-state index in [9.17, 15) is 0 Å². The highest BCUT2D eigenvalue weighted by molar-refractivity contribution is 6.32. The van der Waals surface area contributed by atoms with Gasteiger partial charge in [0.15, 0.2) is 0 Å². The summed E-state index contributed by atoms with van der Waals surface area (Å²) in [5, 5.41) is 4.14. The SMILES string of the molecule is COc1cc(NC2CCOC3(CCC3)C2)c(OC)cc1Cl. The number of anilines is 1. The number of nitrogens with one attached hydrogen (secondary N) is 1. The average molecular weight is 312 g/mol. The van der Waals surface area contributed by atoms with Crippen LogP contribution in [0.4, 0.5) is 5.69 Å². The van der Waals surface area contributed by atoms with Crippen LogP contribution in [-0.2, 0) is 4.74 Å². The van der Waals surface area contributed by atoms with E-state index >= 15 is 0 Å². The van der Waals surface area contributed by atoms with Gasteiger partial charge in [0.1, 0.15) is 11.5 Å². The second-order valence-electron chi connectivity index (χ2n) is 5.91. The number of ether oxygens (including phenoxy) is 3. The van der Waals surface area contributed by atoms with Gasteiger partial charge in [-0.25, -0.2) is 0 Å². The Balaban J connectivity index is 1.77. The lowest BCUT2D eigenvalue weighted by atomic mass is 9.74. The molecule has 1 heterocycles. The van der Waals surface area contributed by atoms with Crippen molar-refractivity contribution in [2.75, 3.05) is 26.1 Å². The largest absolute Gasteiger partial charge is 0.495 e. The van der Waals surface area contributed by atoms with Crippen molar-refractivity contribution in [3.63, 3.8) is 0 Å². The fourth-order valence-electron chi connectivity index (χ4n) is 3.26. The summed E-state index contributed by atoms with van der Waals surface area (Å²) in [6, 6.07) is 4.10. The summed E-state index contributed by atoms with van der Waals surface area (Å²) >= 11 is 6.15. The first-order chi connectivity index (χ1) is 10.2. The summed E-state index contributed by atoms with van der Waals surface area (Å²) in [6.07, 6.45) is 5.72. The Hall–Kier alpha value is -1.13. The maximum atomic E-state index is 6.15. The summed E-state index contributed by atoms with van der Waals surface area (Å²) < 4.78 is 16.7. The smallest absolute Gasteiger partial charge is 0.143 e. The van der Waals surface area contributed by atoms with Gasteiger partial charge in [-0.05, 0) is 32.1 Å². The molecule has 116 valence electrons. The first kappa shape index (κ1) is 14.8. The van der Waals surface area contributed by atoms with Gasteiger partial charge < -0.3 is 19.5 Å². The number of hydrogen-bond donors (Lipinski definition) is 1. The van der Waals surface area contributed by atoms with Gasteiger partial charge in [-0.2, -0.15) is 0 Å². The molecule has 1 unspecified atom stereocenters. The maximum Gasteiger partial charge on any atom is 0.143 e. The number of halogens is 1. The van der Waals surface area contributed by atoms with E-state index in [4.69, 9.17) is 25.8 Å². The Kier molecular flexibility index (Phi) is 4.18. The van der Waals surface area contributed by atoms with Crippen LogP contribution in [0.2, 0.25) is 5.02 Å². The van der Waals surface area contributed by atoms with E-state index in [-0.39, 0.29) is 5.60 Å². The molecule has 1 aromatic rings. The molecule has 1 saturated heterocycles. The summed E-state index contributed by atoms with van der Waals surface area (Å²) in [7, 11) is 3.27. The van der Waals surface area contributed by atoms with Crippen LogP contribution in [0.25, 0.3) is 0 Å². The Morgan fingerprint density at radius 3 is 2.62 bits per heavy atom. The zero-order valence-corrected chi connectivity index (χ0v) is 13.3. The van der Waals surface area contributed by atoms with Crippen molar-refractivity contribution in [1.82, 2.24) is 0 Å². The lowest BCUT2D eigenvalue weighted by molar-refractivity contribution is -0.130. The summed E-state index contributed by atoms with van der Waals surface area (Å²) in [6.45, 7) is 0.824. The number of hydrogen-bond acceptors (Lipinski definition) is 4. The van der Waals surface area contributed by atoms with E-state index in [1.165, 1.54) is 19.3 Å². The molecule has 21 heavy (non-hydrogen) atoms. The fraction of sp³-hybridized carbons (Fsp3) is 0.625. The molecule has 0 amide bonds. The highest BCUT2D eigenvalue weighted by atomic mass is 35.5. The summed E-state index contributed by atoms with van der Waals surface area (Å²) in [4.78, 5) is 0. The first-order valence-electron chi connectivity index (χ1n) is 7.48. The lowest BCUT2D eigenvalue weighted by Crippen LogP contribution is -2.49. The minimum absolute atomic E-state index is 0.125. The van der Waals surface area contributed by atoms with Crippen LogP contribution in [0.15, 0.2) is 12.1 Å². The van der Waals surface area contributed by atoms with E-state index in [0.29, 0.717) is 16.8 Å². The van der Waals surface area contributed by atoms with Crippen molar-refractivity contribution >= 4 is 17.3 Å². The first-order valence-corrected chi connectivity index (χ1v) is 7.86. The van der Waals surface area contributed by atoms with Gasteiger partial charge >= 0.3 is 0 Å². The Morgan fingerprint density at radius 1 is 1.24 bits per heavy atom. The van der Waals surface area contributed by atoms with E-state index in [2.05, 4.69) is 5.32 Å². The van der Waals surface area contributed by atoms with E-state index in [1.807, 2.05) is 6.07 Å². The van der Waals surface area contributed by atoms with Crippen molar-refractivity contribution in [2.45, 2.75) is 43.7 Å². The van der Waals surface area contributed by atoms with Crippen molar-refractivity contribution in [1.29, 1.82) is 0 Å². The van der Waals surface area contributed by atoms with Crippen LogP contribution in [0.3, 0.4) is 0 Å². The molecule has 2 aliphatic rings. The van der Waals surface area contributed by atoms with Crippen molar-refractivity contribution in [3.8, 4) is 11.5 Å². The molecule has 0 radical (unpaired) electrons. The molecular formula is C16H22ClNO3. The van der Waals surface area contributed by atoms with Gasteiger partial charge in [0.05, 0.1) is 30.5 Å². The van der Waals surface area contributed by atoms with Gasteiger partial charge in [0.25, 0.3) is 0 Å². The van der Waals surface area contributed by atoms with Crippen LogP contribution in [0.1, 0.15) is 32.1 Å². The monoisotopic (exact) mass is 311 g/mol. The van der Waals surface area contributed by atoms with Gasteiger partial charge in [-0.15, -0.1) is 0 Å². The van der Waals surface area contributed by atoms with Crippen LogP contribution in [0.5, 0.6) is 11.5 Å². The molecule has 5 heteroatoms. The van der Waals surface area contributed by atoms with Crippen LogP contribution in [-0.4, -0.2) is 32.5 Å². The van der Waals surface area contributed by atoms with Gasteiger partial charge in [0.2, 0.25) is 0 Å². The zero-order chi connectivity index (χ0) is 14.9. The molecule has 1 atom stereocenters. The predicted molar refractivity (Wildman–Crippen MR) is 83.7 cm³/mol. The number of rotatable bonds is 4. The Labute approximate surface area is 130 Å². The number of methoxy groups -OCH3 is 2. The van der Waals surface area contributed by atoms with Crippen LogP contribution < -0.4 is 14.8 Å². The molecule has 1 N–H and O–H groups in total. The normalized spacial score (nSPS) is 23.5. The molecule has 1 saturated carbocycles. The third-order valence-corrected chi connectivity index (χ3v) is 4.89. The quantitative estimate of drug-likeness (QED) is 0.916. The standard InChI is InChI=1S/C16H22ClNO3/c1-19-14-9-13(15(20-2)8-12(14)17)18-11-4-7-21-16(10-11)5-3-6-16/h8-9,11,18H,3-7,10H2,1-2H3. The molecule has 1 aliphatic heterocycles. The second-order valence-corrected chi connectivity index (χ2v) is 6.31. The highest BCUT2D eigenvalue weighted by Crippen LogP contribution is 2.44. The third kappa shape index (κ3) is 2.92. The summed E-state index contributed by atoms with van der Waals surface area (Å²) in [5.41, 5.74) is 1.06. The van der Waals surface area contributed by atoms with Gasteiger partial charge in [0, 0.05) is 24.8 Å². The van der Waals surface area contributed by atoms with Gasteiger partial charge in [-0.1, -0.05) is 11.6 Å². The molecule has 3 rings (SSSR count). The lowest BCUT2D eigenvalue weighted by Gasteiger charge is -2.47. The molecule has 0 aromatic heterocycles. The van der Waals surface area contributed by atoms with Crippen molar-refractivity contribution < 1.29 is 14.2 Å². The Bertz CT molecular complexity index is 516. The molecule has 4 nitrogen and oxygen atoms in total. The van der Waals surface area contributed by atoms with Crippen molar-refractivity contribution in [3.05, 3.63) is 17.2 Å². The zero-order valence-electron chi connectivity index (χ0n) is 12.6. The Morgan fingerprint density at radius 2 is 2.00 bits per heavy atom. The highest BCUT2D eigenvalue weighted by Gasteiger charge is 2.42. The molecule has 0 bridgehead atoms. The van der Waals surface area contributed by atoms with Crippen LogP contribution in [0, 0.1) is 0 Å². The van der Waals surface area contributed by atoms with E-state index in [1.54, 1.807) is 20.3 Å². The van der Waals surface area contributed by atoms with E-state index < -0.39 is 0 Å². The number of benzene rings is 1. The molecular weight excluding hydrogens is 290 g/mol. The topological polar surface area (TPSA) is 39.7 Å². The molecule has 1 spiro atoms. The minimum Gasteiger partial charge on any atom is -0.495 e. The molecule has 2 fully saturated rings.